The van der Waals surface area contributed by atoms with Crippen LogP contribution in [0.1, 0.15) is 11.5 Å². The van der Waals surface area contributed by atoms with Gasteiger partial charge in [-0.25, -0.2) is 9.97 Å². The van der Waals surface area contributed by atoms with Crippen LogP contribution in [-0.4, -0.2) is 34.4 Å². The average Bonchev–Trinajstić information content (AvgIpc) is 2.28. The van der Waals surface area contributed by atoms with Crippen LogP contribution in [-0.2, 0) is 16.1 Å². The molecule has 1 aromatic rings. The Morgan fingerprint density at radius 1 is 1.69 bits per heavy atom. The van der Waals surface area contributed by atoms with Crippen molar-refractivity contribution < 1.29 is 9.53 Å². The number of aromatic nitrogens is 2. The molecule has 0 fully saturated rings. The number of halogens is 1. The summed E-state index contributed by atoms with van der Waals surface area (Å²) >= 11 is 3.22. The molecular weight excluding hydrogens is 274 g/mol. The van der Waals surface area contributed by atoms with Crippen LogP contribution in [0.25, 0.3) is 0 Å². The van der Waals surface area contributed by atoms with Crippen molar-refractivity contribution in [1.29, 1.82) is 0 Å². The molecule has 0 saturated carbocycles. The van der Waals surface area contributed by atoms with Gasteiger partial charge in [-0.1, -0.05) is 15.9 Å². The number of carbonyl (C=O) groups excluding carboxylic acids is 1. The number of aryl methyl sites for hydroxylation is 1. The third-order valence-electron chi connectivity index (χ3n) is 1.92. The predicted molar refractivity (Wildman–Crippen MR) is 63.2 cm³/mol. The molecule has 0 aliphatic carbocycles. The van der Waals surface area contributed by atoms with Crippen molar-refractivity contribution in [1.82, 2.24) is 15.3 Å². The molecule has 5 nitrogen and oxygen atoms in total. The quantitative estimate of drug-likeness (QED) is 0.641. The number of nitrogens with zero attached hydrogens (tertiary/aromatic N) is 2. The van der Waals surface area contributed by atoms with E-state index in [4.69, 9.17) is 0 Å². The normalized spacial score (nSPS) is 12.2. The van der Waals surface area contributed by atoms with Gasteiger partial charge in [0.1, 0.15) is 10.7 Å². The van der Waals surface area contributed by atoms with E-state index in [1.54, 1.807) is 6.20 Å². The van der Waals surface area contributed by atoms with Gasteiger partial charge in [-0.05, 0) is 13.0 Å². The fourth-order valence-electron chi connectivity index (χ4n) is 1.14. The molecule has 0 aromatic carbocycles. The second kappa shape index (κ2) is 6.55. The van der Waals surface area contributed by atoms with Gasteiger partial charge < -0.3 is 10.1 Å². The highest BCUT2D eigenvalue weighted by atomic mass is 79.9. The van der Waals surface area contributed by atoms with E-state index in [0.717, 1.165) is 11.5 Å². The van der Waals surface area contributed by atoms with E-state index in [1.807, 2.05) is 13.0 Å². The molecular formula is C10H14BrN3O2. The lowest BCUT2D eigenvalue weighted by molar-refractivity contribution is -0.139. The number of esters is 1. The summed E-state index contributed by atoms with van der Waals surface area (Å²) in [5.74, 6) is 0.453. The van der Waals surface area contributed by atoms with Crippen molar-refractivity contribution in [3.63, 3.8) is 0 Å². The molecule has 1 N–H and O–H groups in total. The summed E-state index contributed by atoms with van der Waals surface area (Å²) in [5.41, 5.74) is 0.900. The summed E-state index contributed by atoms with van der Waals surface area (Å²) in [4.78, 5) is 19.0. The lowest BCUT2D eigenvalue weighted by Crippen LogP contribution is -2.29. The van der Waals surface area contributed by atoms with Crippen LogP contribution in [0.3, 0.4) is 0 Å². The zero-order chi connectivity index (χ0) is 12.0. The monoisotopic (exact) mass is 287 g/mol. The first-order valence-corrected chi connectivity index (χ1v) is 5.76. The Kier molecular flexibility index (Phi) is 5.34. The Hall–Kier alpha value is -1.01. The molecule has 0 saturated heterocycles. The highest BCUT2D eigenvalue weighted by Gasteiger charge is 2.13. The summed E-state index contributed by atoms with van der Waals surface area (Å²) in [5, 5.41) is 3.11. The van der Waals surface area contributed by atoms with E-state index in [9.17, 15) is 4.79 Å². The number of methoxy groups -OCH3 is 1. The summed E-state index contributed by atoms with van der Waals surface area (Å²) in [6, 6.07) is 1.83. The Morgan fingerprint density at radius 3 is 3.06 bits per heavy atom. The van der Waals surface area contributed by atoms with Gasteiger partial charge in [0, 0.05) is 19.3 Å². The number of alkyl halides is 1. The van der Waals surface area contributed by atoms with E-state index < -0.39 is 0 Å². The third-order valence-corrected chi connectivity index (χ3v) is 2.62. The van der Waals surface area contributed by atoms with E-state index >= 15 is 0 Å². The van der Waals surface area contributed by atoms with Crippen LogP contribution in [0.15, 0.2) is 12.3 Å². The van der Waals surface area contributed by atoms with Crippen molar-refractivity contribution in [3.05, 3.63) is 23.8 Å². The molecule has 0 amide bonds. The largest absolute Gasteiger partial charge is 0.468 e. The molecule has 0 bridgehead atoms. The second-order valence-corrected chi connectivity index (χ2v) is 4.32. The van der Waals surface area contributed by atoms with Crippen LogP contribution in [0.5, 0.6) is 0 Å². The summed E-state index contributed by atoms with van der Waals surface area (Å²) in [6.07, 6.45) is 1.71. The van der Waals surface area contributed by atoms with Crippen LogP contribution in [0.2, 0.25) is 0 Å². The van der Waals surface area contributed by atoms with Crippen LogP contribution in [0.4, 0.5) is 0 Å². The Balaban J connectivity index is 2.33. The molecule has 0 spiro atoms. The lowest BCUT2D eigenvalue weighted by Gasteiger charge is -2.08. The number of nitrogens with one attached hydrogen (secondary N) is 1. The Labute approximate surface area is 103 Å². The average molecular weight is 288 g/mol. The number of ether oxygens (including phenoxy) is 1. The SMILES string of the molecule is COC(=O)C(Br)CNCc1ccnc(C)n1. The molecule has 88 valence electrons. The first-order valence-electron chi connectivity index (χ1n) is 4.84. The van der Waals surface area contributed by atoms with Crippen molar-refractivity contribution in [2.24, 2.45) is 0 Å². The minimum Gasteiger partial charge on any atom is -0.468 e. The first-order chi connectivity index (χ1) is 7.63. The van der Waals surface area contributed by atoms with Crippen molar-refractivity contribution >= 4 is 21.9 Å². The lowest BCUT2D eigenvalue weighted by atomic mass is 10.3. The fourth-order valence-corrected chi connectivity index (χ4v) is 1.56. The first kappa shape index (κ1) is 13.1. The summed E-state index contributed by atoms with van der Waals surface area (Å²) in [6.45, 7) is 2.93. The molecule has 1 aromatic heterocycles. The highest BCUT2D eigenvalue weighted by molar-refractivity contribution is 9.10. The molecule has 1 unspecified atom stereocenters. The van der Waals surface area contributed by atoms with E-state index in [2.05, 4.69) is 36.0 Å². The van der Waals surface area contributed by atoms with Gasteiger partial charge in [0.05, 0.1) is 12.8 Å². The summed E-state index contributed by atoms with van der Waals surface area (Å²) < 4.78 is 4.58. The number of hydrogen-bond donors (Lipinski definition) is 1. The smallest absolute Gasteiger partial charge is 0.320 e. The topological polar surface area (TPSA) is 64.1 Å². The van der Waals surface area contributed by atoms with Gasteiger partial charge in [0.25, 0.3) is 0 Å². The van der Waals surface area contributed by atoms with Gasteiger partial charge >= 0.3 is 5.97 Å². The number of rotatable bonds is 5. The van der Waals surface area contributed by atoms with Crippen molar-refractivity contribution in [2.45, 2.75) is 18.3 Å². The minimum absolute atomic E-state index is 0.286. The maximum Gasteiger partial charge on any atom is 0.320 e. The molecule has 1 rings (SSSR count). The fraction of sp³-hybridized carbons (Fsp3) is 0.500. The molecule has 6 heteroatoms. The molecule has 1 heterocycles. The number of carbonyl (C=O) groups is 1. The number of hydrogen-bond acceptors (Lipinski definition) is 5. The summed E-state index contributed by atoms with van der Waals surface area (Å²) in [7, 11) is 1.37. The maximum absolute atomic E-state index is 11.1. The molecule has 0 aliphatic rings. The van der Waals surface area contributed by atoms with E-state index in [0.29, 0.717) is 13.1 Å². The van der Waals surface area contributed by atoms with Gasteiger partial charge in [-0.3, -0.25) is 4.79 Å². The van der Waals surface area contributed by atoms with Crippen LogP contribution in [0, 0.1) is 6.92 Å². The van der Waals surface area contributed by atoms with Gasteiger partial charge in [-0.15, -0.1) is 0 Å². The minimum atomic E-state index is -0.333. The molecule has 0 radical (unpaired) electrons. The Morgan fingerprint density at radius 2 is 2.44 bits per heavy atom. The third kappa shape index (κ3) is 4.24. The zero-order valence-electron chi connectivity index (χ0n) is 9.24. The van der Waals surface area contributed by atoms with Gasteiger partial charge in [0.2, 0.25) is 0 Å². The maximum atomic E-state index is 11.1. The van der Waals surface area contributed by atoms with Crippen LogP contribution < -0.4 is 5.32 Å². The molecule has 0 aliphatic heterocycles. The van der Waals surface area contributed by atoms with E-state index in [1.165, 1.54) is 7.11 Å². The zero-order valence-corrected chi connectivity index (χ0v) is 10.8. The van der Waals surface area contributed by atoms with Crippen LogP contribution >= 0.6 is 15.9 Å². The van der Waals surface area contributed by atoms with E-state index in [-0.39, 0.29) is 10.8 Å². The standard InChI is InChI=1S/C10H14BrN3O2/c1-7-13-4-3-8(14-7)5-12-6-9(11)10(15)16-2/h3-4,9,12H,5-6H2,1-2H3. The molecule has 1 atom stereocenters. The van der Waals surface area contributed by atoms with Crippen molar-refractivity contribution in [3.8, 4) is 0 Å². The predicted octanol–water partition coefficient (Wildman–Crippen LogP) is 0.811. The molecule has 16 heavy (non-hydrogen) atoms. The highest BCUT2D eigenvalue weighted by Crippen LogP contribution is 2.01. The van der Waals surface area contributed by atoms with Gasteiger partial charge in [-0.2, -0.15) is 0 Å². The second-order valence-electron chi connectivity index (χ2n) is 3.22. The van der Waals surface area contributed by atoms with Crippen molar-refractivity contribution in [2.75, 3.05) is 13.7 Å². The van der Waals surface area contributed by atoms with Gasteiger partial charge in [0.15, 0.2) is 0 Å². The Bertz CT molecular complexity index is 360.